The van der Waals surface area contributed by atoms with E-state index in [4.69, 9.17) is 0 Å². The Labute approximate surface area is 124 Å². The van der Waals surface area contributed by atoms with Gasteiger partial charge in [0.15, 0.2) is 0 Å². The summed E-state index contributed by atoms with van der Waals surface area (Å²) in [5.41, 5.74) is 2.09. The minimum Gasteiger partial charge on any atom is -0.378 e. The Hall–Kier alpha value is -2.36. The van der Waals surface area contributed by atoms with Gasteiger partial charge in [-0.15, -0.1) is 0 Å². The molecule has 0 aliphatic rings. The molecule has 2 aromatic carbocycles. The van der Waals surface area contributed by atoms with Crippen LogP contribution in [0.25, 0.3) is 0 Å². The normalized spacial score (nSPS) is 11.8. The summed E-state index contributed by atoms with van der Waals surface area (Å²) in [5, 5.41) is 3.23. The molecular formula is C17H19FN2O. The van der Waals surface area contributed by atoms with Gasteiger partial charge in [-0.05, 0) is 37.3 Å². The monoisotopic (exact) mass is 286 g/mol. The first-order valence-corrected chi connectivity index (χ1v) is 6.81. The summed E-state index contributed by atoms with van der Waals surface area (Å²) in [4.78, 5) is 13.3. The predicted octanol–water partition coefficient (Wildman–Crippen LogP) is 3.70. The Kier molecular flexibility index (Phi) is 4.58. The molecule has 1 unspecified atom stereocenters. The van der Waals surface area contributed by atoms with E-state index >= 15 is 0 Å². The largest absolute Gasteiger partial charge is 0.378 e. The molecule has 2 rings (SSSR count). The number of nitrogens with zero attached hydrogens (tertiary/aromatic N) is 1. The van der Waals surface area contributed by atoms with E-state index < -0.39 is 0 Å². The maximum Gasteiger partial charge on any atom is 0.253 e. The van der Waals surface area contributed by atoms with Crippen LogP contribution in [0, 0.1) is 5.82 Å². The van der Waals surface area contributed by atoms with Crippen LogP contribution in [0.2, 0.25) is 0 Å². The third-order valence-electron chi connectivity index (χ3n) is 3.29. The molecule has 1 N–H and O–H groups in total. The highest BCUT2D eigenvalue weighted by molar-refractivity contribution is 5.94. The van der Waals surface area contributed by atoms with Crippen molar-refractivity contribution < 1.29 is 9.18 Å². The Morgan fingerprint density at radius 1 is 1.10 bits per heavy atom. The van der Waals surface area contributed by atoms with Crippen LogP contribution in [0.3, 0.4) is 0 Å². The van der Waals surface area contributed by atoms with Gasteiger partial charge in [0, 0.05) is 30.9 Å². The van der Waals surface area contributed by atoms with Crippen LogP contribution in [-0.2, 0) is 0 Å². The quantitative estimate of drug-likeness (QED) is 0.929. The molecule has 0 aliphatic heterocycles. The lowest BCUT2D eigenvalue weighted by atomic mass is 10.1. The van der Waals surface area contributed by atoms with Crippen LogP contribution in [0.15, 0.2) is 48.5 Å². The Balaban J connectivity index is 2.10. The number of benzene rings is 2. The lowest BCUT2D eigenvalue weighted by molar-refractivity contribution is 0.0827. The van der Waals surface area contributed by atoms with Crippen molar-refractivity contribution in [1.82, 2.24) is 4.90 Å². The number of carbonyl (C=O) groups excluding carboxylic acids is 1. The van der Waals surface area contributed by atoms with E-state index in [9.17, 15) is 9.18 Å². The molecule has 110 valence electrons. The van der Waals surface area contributed by atoms with Crippen LogP contribution >= 0.6 is 0 Å². The highest BCUT2D eigenvalue weighted by Gasteiger charge is 2.11. The molecule has 0 bridgehead atoms. The molecule has 0 radical (unpaired) electrons. The van der Waals surface area contributed by atoms with Gasteiger partial charge in [-0.3, -0.25) is 4.79 Å². The van der Waals surface area contributed by atoms with E-state index in [1.807, 2.05) is 25.1 Å². The first-order chi connectivity index (χ1) is 9.99. The van der Waals surface area contributed by atoms with Crippen LogP contribution in [-0.4, -0.2) is 24.9 Å². The van der Waals surface area contributed by atoms with Crippen molar-refractivity contribution in [3.8, 4) is 0 Å². The third-order valence-corrected chi connectivity index (χ3v) is 3.29. The highest BCUT2D eigenvalue weighted by atomic mass is 19.1. The van der Waals surface area contributed by atoms with Gasteiger partial charge < -0.3 is 10.2 Å². The molecule has 0 spiro atoms. The van der Waals surface area contributed by atoms with Crippen molar-refractivity contribution in [2.45, 2.75) is 13.0 Å². The van der Waals surface area contributed by atoms with Crippen LogP contribution in [0.4, 0.5) is 10.1 Å². The van der Waals surface area contributed by atoms with Crippen molar-refractivity contribution in [2.75, 3.05) is 19.4 Å². The molecule has 0 heterocycles. The van der Waals surface area contributed by atoms with Crippen molar-refractivity contribution >= 4 is 11.6 Å². The molecule has 3 nitrogen and oxygen atoms in total. The van der Waals surface area contributed by atoms with Crippen LogP contribution < -0.4 is 5.32 Å². The zero-order chi connectivity index (χ0) is 15.4. The average Bonchev–Trinajstić information content (AvgIpc) is 2.47. The van der Waals surface area contributed by atoms with E-state index in [0.717, 1.165) is 5.69 Å². The smallest absolute Gasteiger partial charge is 0.253 e. The maximum absolute atomic E-state index is 13.7. The molecule has 2 aromatic rings. The van der Waals surface area contributed by atoms with Crippen LogP contribution in [0.1, 0.15) is 28.9 Å². The summed E-state index contributed by atoms with van der Waals surface area (Å²) in [6, 6.07) is 13.7. The molecule has 1 amide bonds. The summed E-state index contributed by atoms with van der Waals surface area (Å²) >= 11 is 0. The fraction of sp³-hybridized carbons (Fsp3) is 0.235. The topological polar surface area (TPSA) is 32.3 Å². The van der Waals surface area contributed by atoms with E-state index in [0.29, 0.717) is 11.1 Å². The van der Waals surface area contributed by atoms with Gasteiger partial charge in [0.2, 0.25) is 0 Å². The molecule has 0 fully saturated rings. The zero-order valence-corrected chi connectivity index (χ0v) is 12.4. The second-order valence-electron chi connectivity index (χ2n) is 5.16. The van der Waals surface area contributed by atoms with E-state index in [-0.39, 0.29) is 17.8 Å². The van der Waals surface area contributed by atoms with Gasteiger partial charge in [0.25, 0.3) is 5.91 Å². The first-order valence-electron chi connectivity index (χ1n) is 6.81. The summed E-state index contributed by atoms with van der Waals surface area (Å²) in [6.45, 7) is 1.90. The molecule has 21 heavy (non-hydrogen) atoms. The molecule has 0 saturated heterocycles. The molecule has 1 atom stereocenters. The van der Waals surface area contributed by atoms with E-state index in [1.54, 1.807) is 38.4 Å². The van der Waals surface area contributed by atoms with Crippen molar-refractivity contribution in [3.63, 3.8) is 0 Å². The number of rotatable bonds is 4. The van der Waals surface area contributed by atoms with Gasteiger partial charge >= 0.3 is 0 Å². The van der Waals surface area contributed by atoms with Crippen molar-refractivity contribution in [1.29, 1.82) is 0 Å². The number of anilines is 1. The summed E-state index contributed by atoms with van der Waals surface area (Å²) in [7, 11) is 3.43. The minimum atomic E-state index is -0.225. The zero-order valence-electron chi connectivity index (χ0n) is 12.4. The molecule has 0 saturated carbocycles. The number of hydrogen-bond donors (Lipinski definition) is 1. The van der Waals surface area contributed by atoms with Gasteiger partial charge in [-0.25, -0.2) is 4.39 Å². The van der Waals surface area contributed by atoms with Crippen molar-refractivity contribution in [2.24, 2.45) is 0 Å². The van der Waals surface area contributed by atoms with Crippen LogP contribution in [0.5, 0.6) is 0 Å². The molecular weight excluding hydrogens is 267 g/mol. The standard InChI is InChI=1S/C17H19FN2O/c1-12(15-6-4-5-7-16(15)18)19-14-10-8-13(9-11-14)17(21)20(2)3/h4-12,19H,1-3H3. The predicted molar refractivity (Wildman–Crippen MR) is 82.9 cm³/mol. The molecule has 0 aliphatic carbocycles. The van der Waals surface area contributed by atoms with Gasteiger partial charge in [-0.2, -0.15) is 0 Å². The van der Waals surface area contributed by atoms with Gasteiger partial charge in [-0.1, -0.05) is 18.2 Å². The molecule has 0 aromatic heterocycles. The second-order valence-corrected chi connectivity index (χ2v) is 5.16. The van der Waals surface area contributed by atoms with E-state index in [1.165, 1.54) is 11.0 Å². The Morgan fingerprint density at radius 2 is 1.71 bits per heavy atom. The summed E-state index contributed by atoms with van der Waals surface area (Å²) < 4.78 is 13.7. The summed E-state index contributed by atoms with van der Waals surface area (Å²) in [5.74, 6) is -0.263. The Bertz CT molecular complexity index is 623. The highest BCUT2D eigenvalue weighted by Crippen LogP contribution is 2.21. The number of carbonyl (C=O) groups is 1. The average molecular weight is 286 g/mol. The molecule has 4 heteroatoms. The fourth-order valence-corrected chi connectivity index (χ4v) is 2.12. The number of halogens is 1. The Morgan fingerprint density at radius 3 is 2.29 bits per heavy atom. The fourth-order valence-electron chi connectivity index (χ4n) is 2.12. The second kappa shape index (κ2) is 6.39. The van der Waals surface area contributed by atoms with Gasteiger partial charge in [0.1, 0.15) is 5.82 Å². The number of nitrogens with one attached hydrogen (secondary N) is 1. The lowest BCUT2D eigenvalue weighted by Crippen LogP contribution is -2.21. The SMILES string of the molecule is CC(Nc1ccc(C(=O)N(C)C)cc1)c1ccccc1F. The summed E-state index contributed by atoms with van der Waals surface area (Å²) in [6.07, 6.45) is 0. The van der Waals surface area contributed by atoms with E-state index in [2.05, 4.69) is 5.32 Å². The number of amides is 1. The number of hydrogen-bond acceptors (Lipinski definition) is 2. The first kappa shape index (κ1) is 15.0. The minimum absolute atomic E-state index is 0.0382. The van der Waals surface area contributed by atoms with Crippen molar-refractivity contribution in [3.05, 3.63) is 65.5 Å². The maximum atomic E-state index is 13.7. The van der Waals surface area contributed by atoms with Gasteiger partial charge in [0.05, 0.1) is 6.04 Å². The lowest BCUT2D eigenvalue weighted by Gasteiger charge is -2.17. The third kappa shape index (κ3) is 3.60.